The zero-order valence-electron chi connectivity index (χ0n) is 19.9. The minimum absolute atomic E-state index is 0.0308. The van der Waals surface area contributed by atoms with E-state index in [1.807, 2.05) is 6.08 Å². The topological polar surface area (TPSA) is 132 Å². The van der Waals surface area contributed by atoms with Crippen LogP contribution >= 0.6 is 15.9 Å². The second-order valence-electron chi connectivity index (χ2n) is 9.93. The van der Waals surface area contributed by atoms with Crippen molar-refractivity contribution in [2.75, 3.05) is 4.90 Å². The zero-order valence-corrected chi connectivity index (χ0v) is 21.5. The van der Waals surface area contributed by atoms with Gasteiger partial charge in [0.05, 0.1) is 22.0 Å². The molecule has 8 nitrogen and oxygen atoms in total. The molecule has 2 amide bonds. The van der Waals surface area contributed by atoms with E-state index in [2.05, 4.69) is 15.9 Å². The lowest BCUT2D eigenvalue weighted by Gasteiger charge is -2.42. The van der Waals surface area contributed by atoms with Crippen LogP contribution in [0.4, 0.5) is 5.69 Å². The SMILES string of the molecule is O=C1C=C(Br)C(=O)C2=C1C(c1ccccc1O)C1=CCC3C(=O)N(c4cccc(B(O)O)c4)C(=O)C3C1C2. The summed E-state index contributed by atoms with van der Waals surface area (Å²) >= 11 is 3.19. The number of Topliss-reactive ketones (excluding diaryl/α,β-unsaturated/α-hetero) is 1. The van der Waals surface area contributed by atoms with Gasteiger partial charge in [0.2, 0.25) is 11.8 Å². The van der Waals surface area contributed by atoms with E-state index < -0.39 is 42.6 Å². The Hall–Kier alpha value is -3.60. The maximum absolute atomic E-state index is 13.9. The molecule has 10 heteroatoms. The summed E-state index contributed by atoms with van der Waals surface area (Å²) in [7, 11) is -1.76. The van der Waals surface area contributed by atoms with Crippen LogP contribution in [0.5, 0.6) is 5.75 Å². The molecule has 0 radical (unpaired) electrons. The van der Waals surface area contributed by atoms with Crippen molar-refractivity contribution in [3.63, 3.8) is 0 Å². The molecule has 0 aromatic heterocycles. The van der Waals surface area contributed by atoms with E-state index in [0.29, 0.717) is 11.1 Å². The number of anilines is 1. The number of nitrogens with zero attached hydrogens (tertiary/aromatic N) is 1. The number of carbonyl (C=O) groups is 4. The van der Waals surface area contributed by atoms with Gasteiger partial charge in [-0.15, -0.1) is 0 Å². The van der Waals surface area contributed by atoms with Crippen LogP contribution in [0.15, 0.2) is 81.9 Å². The highest BCUT2D eigenvalue weighted by Crippen LogP contribution is 2.56. The maximum atomic E-state index is 13.9. The summed E-state index contributed by atoms with van der Waals surface area (Å²) in [6.07, 6.45) is 3.49. The summed E-state index contributed by atoms with van der Waals surface area (Å²) in [6.45, 7) is 0. The molecular formula is C28H21BBrNO7. The number of hydrogen-bond acceptors (Lipinski definition) is 7. The number of imide groups is 1. The number of halogens is 1. The second-order valence-corrected chi connectivity index (χ2v) is 10.8. The van der Waals surface area contributed by atoms with Crippen LogP contribution in [0.3, 0.4) is 0 Å². The van der Waals surface area contributed by atoms with Gasteiger partial charge >= 0.3 is 7.12 Å². The van der Waals surface area contributed by atoms with Gasteiger partial charge in [0.25, 0.3) is 0 Å². The zero-order chi connectivity index (χ0) is 26.9. The van der Waals surface area contributed by atoms with E-state index >= 15 is 0 Å². The predicted octanol–water partition coefficient (Wildman–Crippen LogP) is 2.04. The number of allylic oxidation sites excluding steroid dienone is 6. The van der Waals surface area contributed by atoms with Gasteiger partial charge in [0.1, 0.15) is 5.75 Å². The number of benzene rings is 2. The van der Waals surface area contributed by atoms with Crippen LogP contribution in [-0.2, 0) is 19.2 Å². The molecule has 2 aromatic carbocycles. The molecule has 3 aliphatic carbocycles. The van der Waals surface area contributed by atoms with Gasteiger partial charge in [0.15, 0.2) is 11.6 Å². The number of aromatic hydroxyl groups is 1. The normalized spacial score (nSPS) is 26.6. The highest BCUT2D eigenvalue weighted by molar-refractivity contribution is 9.12. The molecule has 38 heavy (non-hydrogen) atoms. The molecule has 2 aromatic rings. The Morgan fingerprint density at radius 2 is 1.71 bits per heavy atom. The van der Waals surface area contributed by atoms with Crippen LogP contribution in [0.1, 0.15) is 24.3 Å². The molecule has 4 atom stereocenters. The molecule has 1 aliphatic heterocycles. The third-order valence-electron chi connectivity index (χ3n) is 8.01. The fourth-order valence-electron chi connectivity index (χ4n) is 6.37. The molecule has 0 spiro atoms. The van der Waals surface area contributed by atoms with Crippen molar-refractivity contribution >= 4 is 57.6 Å². The van der Waals surface area contributed by atoms with E-state index in [4.69, 9.17) is 0 Å². The van der Waals surface area contributed by atoms with Crippen molar-refractivity contribution in [1.29, 1.82) is 0 Å². The minimum Gasteiger partial charge on any atom is -0.508 e. The summed E-state index contributed by atoms with van der Waals surface area (Å²) in [6, 6.07) is 12.6. The van der Waals surface area contributed by atoms with Gasteiger partial charge in [-0.1, -0.05) is 42.0 Å². The molecule has 6 rings (SSSR count). The standard InChI is InChI=1S/C28H21BBrNO7/c30-20-12-22(33)25-19(26(20)34)11-18-15(23(25)16-6-1-2-7-21(16)32)8-9-17-24(18)28(36)31(27(17)35)14-5-3-4-13(10-14)29(37)38/h1-8,10,12,17-18,23-24,32,37-38H,9,11H2. The number of fused-ring (bicyclic) bond motifs is 3. The van der Waals surface area contributed by atoms with Crippen molar-refractivity contribution in [3.05, 3.63) is 87.4 Å². The first kappa shape index (κ1) is 24.7. The molecule has 1 fully saturated rings. The van der Waals surface area contributed by atoms with Gasteiger partial charge in [-0.25, -0.2) is 0 Å². The molecule has 4 aliphatic rings. The van der Waals surface area contributed by atoms with Gasteiger partial charge in [-0.2, -0.15) is 0 Å². The second kappa shape index (κ2) is 9.01. The Kier molecular flexibility index (Phi) is 5.86. The van der Waals surface area contributed by atoms with Crippen LogP contribution in [-0.4, -0.2) is 45.7 Å². The molecule has 4 unspecified atom stereocenters. The lowest BCUT2D eigenvalue weighted by atomic mass is 9.59. The lowest BCUT2D eigenvalue weighted by Crippen LogP contribution is -2.39. The van der Waals surface area contributed by atoms with Crippen molar-refractivity contribution in [2.45, 2.75) is 18.8 Å². The predicted molar refractivity (Wildman–Crippen MR) is 141 cm³/mol. The first-order chi connectivity index (χ1) is 18.2. The number of phenolic OH excluding ortho intramolecular Hbond substituents is 1. The molecule has 1 heterocycles. The van der Waals surface area contributed by atoms with Crippen LogP contribution in [0.2, 0.25) is 0 Å². The Labute approximate surface area is 226 Å². The number of amides is 2. The number of ketones is 2. The van der Waals surface area contributed by atoms with Gasteiger partial charge in [-0.3, -0.25) is 24.1 Å². The average molecular weight is 574 g/mol. The number of carbonyl (C=O) groups excluding carboxylic acids is 4. The molecular weight excluding hydrogens is 553 g/mol. The van der Waals surface area contributed by atoms with E-state index in [1.54, 1.807) is 30.3 Å². The van der Waals surface area contributed by atoms with Crippen molar-refractivity contribution in [2.24, 2.45) is 17.8 Å². The van der Waals surface area contributed by atoms with Crippen molar-refractivity contribution < 1.29 is 34.3 Å². The van der Waals surface area contributed by atoms with E-state index in [9.17, 15) is 34.3 Å². The Balaban J connectivity index is 1.48. The number of para-hydroxylation sites is 1. The molecule has 190 valence electrons. The first-order valence-electron chi connectivity index (χ1n) is 12.2. The Morgan fingerprint density at radius 3 is 2.45 bits per heavy atom. The number of rotatable bonds is 3. The third kappa shape index (κ3) is 3.59. The molecule has 3 N–H and O–H groups in total. The highest BCUT2D eigenvalue weighted by atomic mass is 79.9. The smallest absolute Gasteiger partial charge is 0.488 e. The summed E-state index contributed by atoms with van der Waals surface area (Å²) in [5, 5.41) is 29.9. The van der Waals surface area contributed by atoms with Gasteiger partial charge in [-0.05, 0) is 58.4 Å². The van der Waals surface area contributed by atoms with Gasteiger partial charge in [0, 0.05) is 28.7 Å². The van der Waals surface area contributed by atoms with Crippen LogP contribution in [0.25, 0.3) is 0 Å². The van der Waals surface area contributed by atoms with Crippen molar-refractivity contribution in [3.8, 4) is 5.75 Å². The molecule has 0 bridgehead atoms. The number of phenols is 1. The Morgan fingerprint density at radius 1 is 0.947 bits per heavy atom. The van der Waals surface area contributed by atoms with E-state index in [-0.39, 0.29) is 51.4 Å². The summed E-state index contributed by atoms with van der Waals surface area (Å²) in [5.41, 5.74) is 2.15. The first-order valence-corrected chi connectivity index (χ1v) is 13.0. The van der Waals surface area contributed by atoms with Crippen LogP contribution in [0, 0.1) is 17.8 Å². The highest BCUT2D eigenvalue weighted by Gasteiger charge is 2.56. The summed E-state index contributed by atoms with van der Waals surface area (Å²) < 4.78 is 0.131. The van der Waals surface area contributed by atoms with E-state index in [1.165, 1.54) is 24.3 Å². The largest absolute Gasteiger partial charge is 0.508 e. The minimum atomic E-state index is -1.76. The average Bonchev–Trinajstić information content (AvgIpc) is 3.16. The quantitative estimate of drug-likeness (QED) is 0.221. The van der Waals surface area contributed by atoms with Crippen LogP contribution < -0.4 is 10.4 Å². The monoisotopic (exact) mass is 573 g/mol. The van der Waals surface area contributed by atoms with E-state index in [0.717, 1.165) is 10.5 Å². The maximum Gasteiger partial charge on any atom is 0.488 e. The number of hydrogen-bond donors (Lipinski definition) is 3. The Bertz CT molecular complexity index is 1540. The summed E-state index contributed by atoms with van der Waals surface area (Å²) in [5.74, 6) is -4.27. The third-order valence-corrected chi connectivity index (χ3v) is 8.59. The van der Waals surface area contributed by atoms with Gasteiger partial charge < -0.3 is 15.2 Å². The molecule has 0 saturated carbocycles. The molecule has 1 saturated heterocycles. The lowest BCUT2D eigenvalue weighted by molar-refractivity contribution is -0.123. The van der Waals surface area contributed by atoms with Crippen molar-refractivity contribution in [1.82, 2.24) is 0 Å². The fraction of sp³-hybridized carbons (Fsp3) is 0.214. The fourth-order valence-corrected chi connectivity index (χ4v) is 6.82. The summed E-state index contributed by atoms with van der Waals surface area (Å²) in [4.78, 5) is 55.0.